The van der Waals surface area contributed by atoms with Gasteiger partial charge in [-0.2, -0.15) is 0 Å². The molecule has 1 rings (SSSR count). The number of hydrogen-bond acceptors (Lipinski definition) is 0. The summed E-state index contributed by atoms with van der Waals surface area (Å²) >= 11 is 0. The zero-order valence-electron chi connectivity index (χ0n) is 9.02. The van der Waals surface area contributed by atoms with Gasteiger partial charge in [-0.1, -0.05) is 31.4 Å². The molecule has 0 nitrogen and oxygen atoms in total. The van der Waals surface area contributed by atoms with E-state index >= 15 is 0 Å². The maximum Gasteiger partial charge on any atom is 0.0554 e. The molecule has 1 aliphatic rings. The highest BCUT2D eigenvalue weighted by molar-refractivity contribution is 6.80. The van der Waals surface area contributed by atoms with Gasteiger partial charge in [-0.3, -0.25) is 0 Å². The van der Waals surface area contributed by atoms with E-state index in [1.807, 2.05) is 0 Å². The topological polar surface area (TPSA) is 0 Å². The monoisotopic (exact) mass is 204 g/mol. The third-order valence-electron chi connectivity index (χ3n) is 3.51. The van der Waals surface area contributed by atoms with Crippen LogP contribution in [-0.2, 0) is 0 Å². The van der Waals surface area contributed by atoms with Crippen molar-refractivity contribution in [2.45, 2.75) is 56.3 Å². The van der Waals surface area contributed by atoms with Crippen molar-refractivity contribution < 1.29 is 0 Å². The van der Waals surface area contributed by atoms with Crippen molar-refractivity contribution in [1.82, 2.24) is 0 Å². The Hall–Kier alpha value is -0.663. The van der Waals surface area contributed by atoms with E-state index in [0.717, 1.165) is 12.8 Å². The van der Waals surface area contributed by atoms with Crippen LogP contribution in [0.1, 0.15) is 32.1 Å². The van der Waals surface area contributed by atoms with E-state index in [1.165, 1.54) is 43.4 Å². The maximum atomic E-state index is 5.37. The first kappa shape index (κ1) is 11.4. The van der Waals surface area contributed by atoms with Gasteiger partial charge in [-0.15, -0.1) is 24.7 Å². The van der Waals surface area contributed by atoms with Gasteiger partial charge in [0.05, 0.1) is 8.07 Å². The number of rotatable bonds is 4. The predicted octanol–water partition coefficient (Wildman–Crippen LogP) is 3.67. The van der Waals surface area contributed by atoms with Crippen LogP contribution in [0.15, 0.2) is 0 Å². The lowest BCUT2D eigenvalue weighted by Gasteiger charge is -2.34. The summed E-state index contributed by atoms with van der Waals surface area (Å²) in [5.74, 6) is 5.60. The van der Waals surface area contributed by atoms with Crippen LogP contribution in [0, 0.1) is 24.7 Å². The zero-order valence-corrected chi connectivity index (χ0v) is 10.0. The molecule has 0 amide bonds. The molecule has 1 heterocycles. The number of terminal acetylenes is 2. The molecule has 1 aliphatic heterocycles. The Balaban J connectivity index is 2.49. The average Bonchev–Trinajstić information content (AvgIpc) is 2.25. The Morgan fingerprint density at radius 2 is 1.36 bits per heavy atom. The van der Waals surface area contributed by atoms with Gasteiger partial charge in [0, 0.05) is 12.8 Å². The van der Waals surface area contributed by atoms with Gasteiger partial charge in [0.15, 0.2) is 0 Å². The normalized spacial score (nSPS) is 19.6. The summed E-state index contributed by atoms with van der Waals surface area (Å²) in [4.78, 5) is 0. The molecule has 14 heavy (non-hydrogen) atoms. The summed E-state index contributed by atoms with van der Waals surface area (Å²) in [5.41, 5.74) is 0. The molecule has 0 saturated carbocycles. The Labute approximate surface area is 89.5 Å². The Morgan fingerprint density at radius 3 is 1.79 bits per heavy atom. The van der Waals surface area contributed by atoms with E-state index in [1.54, 1.807) is 0 Å². The molecule has 0 spiro atoms. The van der Waals surface area contributed by atoms with Gasteiger partial charge in [0.25, 0.3) is 0 Å². The minimum absolute atomic E-state index is 0.983. The van der Waals surface area contributed by atoms with Crippen molar-refractivity contribution >= 4 is 8.07 Å². The lowest BCUT2D eigenvalue weighted by molar-refractivity contribution is 0.698. The maximum absolute atomic E-state index is 5.37. The second-order valence-electron chi connectivity index (χ2n) is 4.47. The highest BCUT2D eigenvalue weighted by Crippen LogP contribution is 2.36. The molecule has 76 valence electrons. The van der Waals surface area contributed by atoms with Gasteiger partial charge in [0.2, 0.25) is 0 Å². The van der Waals surface area contributed by atoms with Crippen LogP contribution in [0.25, 0.3) is 0 Å². The summed E-state index contributed by atoms with van der Waals surface area (Å²) in [5, 5.41) is 0. The smallest absolute Gasteiger partial charge is 0.0554 e. The van der Waals surface area contributed by atoms with E-state index in [0.29, 0.717) is 0 Å². The first-order chi connectivity index (χ1) is 6.83. The second-order valence-corrected chi connectivity index (χ2v) is 9.47. The number of hydrogen-bond donors (Lipinski definition) is 0. The molecule has 0 aromatic rings. The van der Waals surface area contributed by atoms with Crippen molar-refractivity contribution in [3.63, 3.8) is 0 Å². The van der Waals surface area contributed by atoms with Crippen molar-refractivity contribution in [3.05, 3.63) is 0 Å². The summed E-state index contributed by atoms with van der Waals surface area (Å²) in [6.07, 6.45) is 17.0. The Bertz CT molecular complexity index is 215. The van der Waals surface area contributed by atoms with Crippen LogP contribution in [0.3, 0.4) is 0 Å². The summed E-state index contributed by atoms with van der Waals surface area (Å²) in [7, 11) is -1.01. The lowest BCUT2D eigenvalue weighted by Crippen LogP contribution is -2.35. The van der Waals surface area contributed by atoms with Crippen molar-refractivity contribution in [3.8, 4) is 24.7 Å². The standard InChI is InChI=1S/C13H20Si/c1-3-5-10-14(11-6-4-2)12-8-7-9-13-14/h1-2H,5-13H2. The molecular formula is C13H20Si. The van der Waals surface area contributed by atoms with Gasteiger partial charge in [-0.05, 0) is 12.1 Å². The minimum Gasteiger partial charge on any atom is -0.120 e. The van der Waals surface area contributed by atoms with Crippen LogP contribution >= 0.6 is 0 Å². The molecule has 0 bridgehead atoms. The molecule has 1 heteroatoms. The first-order valence-electron chi connectivity index (χ1n) is 5.70. The Kier molecular flexibility index (Phi) is 4.84. The SMILES string of the molecule is C#CCC[Si]1(CCC#C)CCCCC1. The van der Waals surface area contributed by atoms with Gasteiger partial charge in [-0.25, -0.2) is 0 Å². The quantitative estimate of drug-likeness (QED) is 0.484. The molecule has 0 unspecified atom stereocenters. The van der Waals surface area contributed by atoms with Crippen molar-refractivity contribution in [2.24, 2.45) is 0 Å². The fourth-order valence-electron chi connectivity index (χ4n) is 2.60. The van der Waals surface area contributed by atoms with Crippen LogP contribution in [0.5, 0.6) is 0 Å². The van der Waals surface area contributed by atoms with Gasteiger partial charge >= 0.3 is 0 Å². The van der Waals surface area contributed by atoms with E-state index in [9.17, 15) is 0 Å². The van der Waals surface area contributed by atoms with Crippen LogP contribution < -0.4 is 0 Å². The van der Waals surface area contributed by atoms with E-state index < -0.39 is 8.07 Å². The fourth-order valence-corrected chi connectivity index (χ4v) is 7.45. The molecular weight excluding hydrogens is 184 g/mol. The Morgan fingerprint density at radius 1 is 0.857 bits per heavy atom. The third-order valence-corrected chi connectivity index (χ3v) is 8.96. The molecule has 0 N–H and O–H groups in total. The van der Waals surface area contributed by atoms with Gasteiger partial charge < -0.3 is 0 Å². The highest BCUT2D eigenvalue weighted by atomic mass is 28.3. The summed E-state index contributed by atoms with van der Waals surface area (Å²) in [6, 6.07) is 5.61. The lowest BCUT2D eigenvalue weighted by atomic mass is 10.3. The zero-order chi connectivity index (χ0) is 10.3. The van der Waals surface area contributed by atoms with E-state index in [2.05, 4.69) is 11.8 Å². The van der Waals surface area contributed by atoms with Crippen molar-refractivity contribution in [2.75, 3.05) is 0 Å². The second kappa shape index (κ2) is 5.94. The fraction of sp³-hybridized carbons (Fsp3) is 0.692. The third kappa shape index (κ3) is 3.24. The largest absolute Gasteiger partial charge is 0.120 e. The first-order valence-corrected chi connectivity index (χ1v) is 8.53. The van der Waals surface area contributed by atoms with Crippen molar-refractivity contribution in [1.29, 1.82) is 0 Å². The van der Waals surface area contributed by atoms with Gasteiger partial charge in [0.1, 0.15) is 0 Å². The average molecular weight is 204 g/mol. The van der Waals surface area contributed by atoms with Crippen LogP contribution in [-0.4, -0.2) is 8.07 Å². The molecule has 0 aromatic carbocycles. The molecule has 1 fully saturated rings. The summed E-state index contributed by atoms with van der Waals surface area (Å²) < 4.78 is 0. The molecule has 0 aromatic heterocycles. The van der Waals surface area contributed by atoms with Crippen LogP contribution in [0.4, 0.5) is 0 Å². The molecule has 0 aliphatic carbocycles. The highest BCUT2D eigenvalue weighted by Gasteiger charge is 2.32. The molecule has 0 radical (unpaired) electrons. The summed E-state index contributed by atoms with van der Waals surface area (Å²) in [6.45, 7) is 0. The molecule has 0 atom stereocenters. The van der Waals surface area contributed by atoms with E-state index in [-0.39, 0.29) is 0 Å². The van der Waals surface area contributed by atoms with Crippen LogP contribution in [0.2, 0.25) is 24.2 Å². The predicted molar refractivity (Wildman–Crippen MR) is 65.7 cm³/mol. The minimum atomic E-state index is -1.01. The molecule has 1 saturated heterocycles. The van der Waals surface area contributed by atoms with E-state index in [4.69, 9.17) is 12.8 Å².